The largest absolute Gasteiger partial charge is 0.345 e. The van der Waals surface area contributed by atoms with Crippen molar-refractivity contribution in [3.05, 3.63) is 29.8 Å². The molecule has 0 aliphatic heterocycles. The first kappa shape index (κ1) is 15.0. The topological polar surface area (TPSA) is 82.0 Å². The van der Waals surface area contributed by atoms with E-state index in [4.69, 9.17) is 5.26 Å². The normalized spacial score (nSPS) is 21.1. The zero-order chi connectivity index (χ0) is 15.2. The quantitative estimate of drug-likeness (QED) is 0.817. The van der Waals surface area contributed by atoms with Crippen LogP contribution in [0.2, 0.25) is 0 Å². The molecule has 5 nitrogen and oxygen atoms in total. The molecule has 1 saturated carbocycles. The number of anilines is 1. The number of amides is 2. The summed E-state index contributed by atoms with van der Waals surface area (Å²) in [6.07, 6.45) is 4.03. The molecule has 1 aromatic rings. The van der Waals surface area contributed by atoms with Gasteiger partial charge in [-0.1, -0.05) is 6.92 Å². The molecular weight excluding hydrogens is 266 g/mol. The van der Waals surface area contributed by atoms with E-state index in [1.165, 1.54) is 0 Å². The van der Waals surface area contributed by atoms with Gasteiger partial charge in [0.1, 0.15) is 0 Å². The molecule has 2 amide bonds. The predicted octanol–water partition coefficient (Wildman–Crippen LogP) is 2.19. The van der Waals surface area contributed by atoms with Crippen molar-refractivity contribution in [2.24, 2.45) is 5.92 Å². The zero-order valence-corrected chi connectivity index (χ0v) is 12.1. The van der Waals surface area contributed by atoms with Crippen LogP contribution in [0, 0.1) is 17.2 Å². The van der Waals surface area contributed by atoms with Gasteiger partial charge in [-0.3, -0.25) is 9.59 Å². The molecular formula is C16H19N3O2. The highest BCUT2D eigenvalue weighted by atomic mass is 16.2. The molecule has 2 rings (SSSR count). The van der Waals surface area contributed by atoms with E-state index in [1.807, 2.05) is 6.07 Å². The molecule has 0 saturated heterocycles. The summed E-state index contributed by atoms with van der Waals surface area (Å²) in [6, 6.07) is 8.49. The van der Waals surface area contributed by atoms with Gasteiger partial charge in [0.25, 0.3) is 0 Å². The number of carbonyl (C=O) groups excluding carboxylic acids is 2. The van der Waals surface area contributed by atoms with Crippen LogP contribution >= 0.6 is 0 Å². The second-order valence-electron chi connectivity index (χ2n) is 5.57. The Morgan fingerprint density at radius 2 is 1.71 bits per heavy atom. The van der Waals surface area contributed by atoms with Gasteiger partial charge in [-0.25, -0.2) is 0 Å². The second kappa shape index (κ2) is 6.89. The molecule has 21 heavy (non-hydrogen) atoms. The van der Waals surface area contributed by atoms with E-state index in [9.17, 15) is 9.59 Å². The zero-order valence-electron chi connectivity index (χ0n) is 12.1. The highest BCUT2D eigenvalue weighted by Crippen LogP contribution is 2.23. The Labute approximate surface area is 124 Å². The van der Waals surface area contributed by atoms with Crippen LogP contribution in [-0.2, 0) is 9.59 Å². The number of nitrogens with zero attached hydrogens (tertiary/aromatic N) is 1. The minimum atomic E-state index is -0.668. The average Bonchev–Trinajstić information content (AvgIpc) is 2.50. The molecule has 1 aliphatic rings. The minimum absolute atomic E-state index is 0.0976. The highest BCUT2D eigenvalue weighted by molar-refractivity contribution is 6.39. The molecule has 0 aromatic heterocycles. The number of nitriles is 1. The van der Waals surface area contributed by atoms with Gasteiger partial charge in [-0.05, 0) is 55.9 Å². The third-order valence-corrected chi connectivity index (χ3v) is 3.83. The van der Waals surface area contributed by atoms with E-state index >= 15 is 0 Å². The first-order valence-corrected chi connectivity index (χ1v) is 7.20. The summed E-state index contributed by atoms with van der Waals surface area (Å²) in [6.45, 7) is 2.20. The lowest BCUT2D eigenvalue weighted by molar-refractivity contribution is -0.136. The summed E-state index contributed by atoms with van der Waals surface area (Å²) in [7, 11) is 0. The van der Waals surface area contributed by atoms with Crippen LogP contribution in [0.5, 0.6) is 0 Å². The van der Waals surface area contributed by atoms with Crippen molar-refractivity contribution in [1.29, 1.82) is 5.26 Å². The molecule has 0 spiro atoms. The summed E-state index contributed by atoms with van der Waals surface area (Å²) < 4.78 is 0. The Hall–Kier alpha value is -2.35. The van der Waals surface area contributed by atoms with E-state index in [0.717, 1.165) is 25.7 Å². The Morgan fingerprint density at radius 1 is 1.10 bits per heavy atom. The number of hydrogen-bond acceptors (Lipinski definition) is 3. The van der Waals surface area contributed by atoms with Crippen molar-refractivity contribution in [2.45, 2.75) is 38.6 Å². The molecule has 1 fully saturated rings. The van der Waals surface area contributed by atoms with Gasteiger partial charge >= 0.3 is 11.8 Å². The van der Waals surface area contributed by atoms with Gasteiger partial charge in [0.05, 0.1) is 11.6 Å². The van der Waals surface area contributed by atoms with Crippen LogP contribution in [0.4, 0.5) is 5.69 Å². The lowest BCUT2D eigenvalue weighted by Crippen LogP contribution is -2.43. The first-order valence-electron chi connectivity index (χ1n) is 7.20. The van der Waals surface area contributed by atoms with E-state index in [1.54, 1.807) is 24.3 Å². The maximum absolute atomic E-state index is 11.8. The summed E-state index contributed by atoms with van der Waals surface area (Å²) in [5.41, 5.74) is 1.01. The highest BCUT2D eigenvalue weighted by Gasteiger charge is 2.22. The van der Waals surface area contributed by atoms with Crippen LogP contribution in [0.25, 0.3) is 0 Å². The maximum Gasteiger partial charge on any atom is 0.313 e. The van der Waals surface area contributed by atoms with Crippen molar-refractivity contribution in [3.63, 3.8) is 0 Å². The Balaban J connectivity index is 1.84. The number of nitrogens with one attached hydrogen (secondary N) is 2. The third kappa shape index (κ3) is 4.32. The standard InChI is InChI=1S/C16H19N3O2/c1-11-2-6-13(7-3-11)18-15(20)16(21)19-14-8-4-12(10-17)5-9-14/h4-5,8-9,11,13H,2-3,6-7H2,1H3,(H,18,20)(H,19,21). The fourth-order valence-corrected chi connectivity index (χ4v) is 2.47. The smallest absolute Gasteiger partial charge is 0.313 e. The van der Waals surface area contributed by atoms with E-state index in [-0.39, 0.29) is 6.04 Å². The van der Waals surface area contributed by atoms with Crippen molar-refractivity contribution >= 4 is 17.5 Å². The van der Waals surface area contributed by atoms with Gasteiger partial charge in [0.15, 0.2) is 0 Å². The Morgan fingerprint density at radius 3 is 2.29 bits per heavy atom. The molecule has 2 N–H and O–H groups in total. The number of benzene rings is 1. The Kier molecular flexibility index (Phi) is 4.94. The molecule has 110 valence electrons. The summed E-state index contributed by atoms with van der Waals surface area (Å²) in [4.78, 5) is 23.7. The van der Waals surface area contributed by atoms with Gasteiger partial charge in [-0.15, -0.1) is 0 Å². The molecule has 0 atom stereocenters. The number of hydrogen-bond donors (Lipinski definition) is 2. The summed E-state index contributed by atoms with van der Waals surface area (Å²) in [5, 5.41) is 14.0. The van der Waals surface area contributed by atoms with Gasteiger partial charge in [0, 0.05) is 11.7 Å². The van der Waals surface area contributed by atoms with Crippen LogP contribution < -0.4 is 10.6 Å². The third-order valence-electron chi connectivity index (χ3n) is 3.83. The molecule has 1 aromatic carbocycles. The van der Waals surface area contributed by atoms with Gasteiger partial charge in [0.2, 0.25) is 0 Å². The SMILES string of the molecule is CC1CCC(NC(=O)C(=O)Nc2ccc(C#N)cc2)CC1. The lowest BCUT2D eigenvalue weighted by atomic mass is 9.87. The monoisotopic (exact) mass is 285 g/mol. The Bertz CT molecular complexity index is 552. The van der Waals surface area contributed by atoms with Crippen LogP contribution in [-0.4, -0.2) is 17.9 Å². The van der Waals surface area contributed by atoms with E-state index < -0.39 is 11.8 Å². The average molecular weight is 285 g/mol. The van der Waals surface area contributed by atoms with Gasteiger partial charge in [-0.2, -0.15) is 5.26 Å². The summed E-state index contributed by atoms with van der Waals surface area (Å²) >= 11 is 0. The minimum Gasteiger partial charge on any atom is -0.345 e. The van der Waals surface area contributed by atoms with Crippen LogP contribution in [0.1, 0.15) is 38.2 Å². The lowest BCUT2D eigenvalue weighted by Gasteiger charge is -2.26. The van der Waals surface area contributed by atoms with Gasteiger partial charge < -0.3 is 10.6 Å². The molecule has 0 unspecified atom stereocenters. The molecule has 0 heterocycles. The van der Waals surface area contributed by atoms with Crippen molar-refractivity contribution in [3.8, 4) is 6.07 Å². The number of carbonyl (C=O) groups is 2. The second-order valence-corrected chi connectivity index (χ2v) is 5.57. The molecule has 1 aliphatic carbocycles. The van der Waals surface area contributed by atoms with Crippen molar-refractivity contribution in [2.75, 3.05) is 5.32 Å². The van der Waals surface area contributed by atoms with E-state index in [0.29, 0.717) is 17.2 Å². The molecule has 0 bridgehead atoms. The first-order chi connectivity index (χ1) is 10.1. The fourth-order valence-electron chi connectivity index (χ4n) is 2.47. The van der Waals surface area contributed by atoms with Crippen molar-refractivity contribution in [1.82, 2.24) is 5.32 Å². The van der Waals surface area contributed by atoms with Crippen LogP contribution in [0.3, 0.4) is 0 Å². The maximum atomic E-state index is 11.8. The number of rotatable bonds is 2. The fraction of sp³-hybridized carbons (Fsp3) is 0.438. The van der Waals surface area contributed by atoms with Crippen LogP contribution in [0.15, 0.2) is 24.3 Å². The summed E-state index contributed by atoms with van der Waals surface area (Å²) in [5.74, 6) is -0.567. The predicted molar refractivity (Wildman–Crippen MR) is 79.3 cm³/mol. The van der Waals surface area contributed by atoms with Crippen molar-refractivity contribution < 1.29 is 9.59 Å². The molecule has 0 radical (unpaired) electrons. The van der Waals surface area contributed by atoms with E-state index in [2.05, 4.69) is 17.6 Å². The molecule has 5 heteroatoms.